The van der Waals surface area contributed by atoms with Crippen LogP contribution in [0.2, 0.25) is 0 Å². The average molecular weight is 233 g/mol. The van der Waals surface area contributed by atoms with E-state index < -0.39 is 0 Å². The van der Waals surface area contributed by atoms with Gasteiger partial charge >= 0.3 is 0 Å². The average Bonchev–Trinajstić information content (AvgIpc) is 2.16. The summed E-state index contributed by atoms with van der Waals surface area (Å²) in [7, 11) is 0. The lowest BCUT2D eigenvalue weighted by Crippen LogP contribution is -2.74. The van der Waals surface area contributed by atoms with Gasteiger partial charge in [0.15, 0.2) is 0 Å². The third-order valence-corrected chi connectivity index (χ3v) is 2.86. The Morgan fingerprint density at radius 2 is 1.87 bits per heavy atom. The highest BCUT2D eigenvalue weighted by Crippen LogP contribution is 2.03. The van der Waals surface area contributed by atoms with Crippen molar-refractivity contribution in [2.24, 2.45) is 0 Å². The van der Waals surface area contributed by atoms with Crippen LogP contribution in [0.3, 0.4) is 0 Å². The second kappa shape index (κ2) is 6.67. The Bertz CT molecular complexity index is 178. The Morgan fingerprint density at radius 1 is 1.20 bits per heavy atom. The van der Waals surface area contributed by atoms with Gasteiger partial charge in [0.25, 0.3) is 0 Å². The van der Waals surface area contributed by atoms with Gasteiger partial charge in [-0.3, -0.25) is 26.6 Å². The Morgan fingerprint density at radius 3 is 2.40 bits per heavy atom. The lowest BCUT2D eigenvalue weighted by Gasteiger charge is -2.39. The highest BCUT2D eigenvalue weighted by molar-refractivity contribution is 7.99. The van der Waals surface area contributed by atoms with Gasteiger partial charge in [-0.05, 0) is 26.6 Å². The van der Waals surface area contributed by atoms with Crippen LogP contribution in [0.4, 0.5) is 0 Å². The zero-order valence-electron chi connectivity index (χ0n) is 9.92. The van der Waals surface area contributed by atoms with E-state index in [9.17, 15) is 0 Å². The summed E-state index contributed by atoms with van der Waals surface area (Å²) in [4.78, 5) is 0. The highest BCUT2D eigenvalue weighted by atomic mass is 32.2. The Kier molecular flexibility index (Phi) is 5.88. The number of rotatable bonds is 5. The first-order chi connectivity index (χ1) is 7.15. The van der Waals surface area contributed by atoms with Gasteiger partial charge in [-0.2, -0.15) is 0 Å². The fraction of sp³-hybridized carbons (Fsp3) is 1.00. The molecular weight excluding hydrogens is 210 g/mol. The Balaban J connectivity index is 2.43. The summed E-state index contributed by atoms with van der Waals surface area (Å²) in [5.74, 6) is 0. The number of nitrogens with one attached hydrogen (secondary N) is 5. The quantitative estimate of drug-likeness (QED) is 0.445. The molecule has 3 unspecified atom stereocenters. The van der Waals surface area contributed by atoms with Crippen molar-refractivity contribution >= 4 is 11.8 Å². The van der Waals surface area contributed by atoms with E-state index in [1.54, 1.807) is 11.8 Å². The van der Waals surface area contributed by atoms with Gasteiger partial charge in [0.1, 0.15) is 18.1 Å². The van der Waals surface area contributed by atoms with Gasteiger partial charge in [-0.1, -0.05) is 6.92 Å². The smallest absolute Gasteiger partial charge is 0.116 e. The van der Waals surface area contributed by atoms with Crippen molar-refractivity contribution in [1.82, 2.24) is 26.6 Å². The predicted molar refractivity (Wildman–Crippen MR) is 66.2 cm³/mol. The van der Waals surface area contributed by atoms with Gasteiger partial charge in [-0.15, -0.1) is 11.8 Å². The van der Waals surface area contributed by atoms with Crippen molar-refractivity contribution in [2.75, 3.05) is 12.8 Å². The molecule has 1 rings (SSSR count). The van der Waals surface area contributed by atoms with Crippen LogP contribution in [-0.2, 0) is 0 Å². The summed E-state index contributed by atoms with van der Waals surface area (Å²) in [6.07, 6.45) is 2.39. The summed E-state index contributed by atoms with van der Waals surface area (Å²) in [5, 5.41) is 17.0. The molecule has 6 heteroatoms. The maximum absolute atomic E-state index is 3.42. The van der Waals surface area contributed by atoms with Crippen LogP contribution in [0.5, 0.6) is 0 Å². The van der Waals surface area contributed by atoms with Crippen LogP contribution >= 0.6 is 11.8 Å². The van der Waals surface area contributed by atoms with Crippen molar-refractivity contribution in [3.8, 4) is 0 Å². The molecule has 15 heavy (non-hydrogen) atoms. The molecule has 1 heterocycles. The molecule has 0 aromatic rings. The lowest BCUT2D eigenvalue weighted by atomic mass is 10.4. The van der Waals surface area contributed by atoms with E-state index in [0.717, 1.165) is 6.54 Å². The van der Waals surface area contributed by atoms with E-state index in [-0.39, 0.29) is 18.1 Å². The van der Waals surface area contributed by atoms with Gasteiger partial charge in [0.05, 0.1) is 0 Å². The van der Waals surface area contributed by atoms with E-state index in [1.165, 1.54) is 0 Å². The molecule has 1 aliphatic rings. The van der Waals surface area contributed by atoms with Gasteiger partial charge in [-0.25, -0.2) is 0 Å². The molecule has 1 fully saturated rings. The fourth-order valence-electron chi connectivity index (χ4n) is 1.50. The molecule has 0 aliphatic carbocycles. The molecule has 0 bridgehead atoms. The van der Waals surface area contributed by atoms with Crippen LogP contribution in [0.1, 0.15) is 20.8 Å². The zero-order chi connectivity index (χ0) is 11.3. The van der Waals surface area contributed by atoms with Crippen LogP contribution < -0.4 is 26.6 Å². The van der Waals surface area contributed by atoms with Gasteiger partial charge in [0.2, 0.25) is 0 Å². The van der Waals surface area contributed by atoms with Crippen molar-refractivity contribution in [2.45, 2.75) is 44.9 Å². The summed E-state index contributed by atoms with van der Waals surface area (Å²) in [6.45, 7) is 7.33. The first-order valence-corrected chi connectivity index (χ1v) is 6.75. The minimum atomic E-state index is 0.146. The SMILES string of the molecule is CCNC1NC(NC(C)C)NC(SC)N1. The van der Waals surface area contributed by atoms with Crippen molar-refractivity contribution in [3.05, 3.63) is 0 Å². The first kappa shape index (κ1) is 13.2. The standard InChI is InChI=1S/C9H23N5S/c1-5-10-7-12-8(11-6(2)3)14-9(13-7)15-4/h6-14H,5H2,1-4H3. The van der Waals surface area contributed by atoms with E-state index in [2.05, 4.69) is 53.6 Å². The molecule has 90 valence electrons. The molecule has 0 radical (unpaired) electrons. The van der Waals surface area contributed by atoms with Gasteiger partial charge < -0.3 is 0 Å². The number of hydrogen-bond donors (Lipinski definition) is 5. The van der Waals surface area contributed by atoms with Crippen LogP contribution in [0, 0.1) is 0 Å². The summed E-state index contributed by atoms with van der Waals surface area (Å²) >= 11 is 1.76. The maximum Gasteiger partial charge on any atom is 0.116 e. The highest BCUT2D eigenvalue weighted by Gasteiger charge is 2.25. The number of thioether (sulfide) groups is 1. The summed E-state index contributed by atoms with van der Waals surface area (Å²) < 4.78 is 0. The Labute approximate surface area is 96.5 Å². The largest absolute Gasteiger partial charge is 0.290 e. The lowest BCUT2D eigenvalue weighted by molar-refractivity contribution is 0.182. The molecular formula is C9H23N5S. The third kappa shape index (κ3) is 4.67. The normalized spacial score (nSPS) is 32.2. The molecule has 5 nitrogen and oxygen atoms in total. The zero-order valence-corrected chi connectivity index (χ0v) is 10.7. The third-order valence-electron chi connectivity index (χ3n) is 2.11. The van der Waals surface area contributed by atoms with Crippen LogP contribution in [0.25, 0.3) is 0 Å². The molecule has 0 amide bonds. The van der Waals surface area contributed by atoms with Crippen LogP contribution in [-0.4, -0.2) is 36.9 Å². The molecule has 0 saturated carbocycles. The number of hydrogen-bond acceptors (Lipinski definition) is 6. The maximum atomic E-state index is 3.42. The summed E-state index contributed by atoms with van der Waals surface area (Å²) in [6, 6.07) is 0.456. The predicted octanol–water partition coefficient (Wildman–Crippen LogP) is -0.410. The second-order valence-corrected chi connectivity index (χ2v) is 4.80. The van der Waals surface area contributed by atoms with E-state index in [0.29, 0.717) is 6.04 Å². The molecule has 0 aromatic heterocycles. The topological polar surface area (TPSA) is 60.1 Å². The van der Waals surface area contributed by atoms with Crippen LogP contribution in [0.15, 0.2) is 0 Å². The minimum absolute atomic E-state index is 0.146. The molecule has 1 saturated heterocycles. The molecule has 5 N–H and O–H groups in total. The van der Waals surface area contributed by atoms with Crippen molar-refractivity contribution in [3.63, 3.8) is 0 Å². The second-order valence-electron chi connectivity index (χ2n) is 3.86. The first-order valence-electron chi connectivity index (χ1n) is 5.46. The molecule has 0 spiro atoms. The Hall–Kier alpha value is 0.150. The molecule has 0 aromatic carbocycles. The molecule has 3 atom stereocenters. The minimum Gasteiger partial charge on any atom is -0.290 e. The van der Waals surface area contributed by atoms with E-state index in [4.69, 9.17) is 0 Å². The van der Waals surface area contributed by atoms with Crippen molar-refractivity contribution in [1.29, 1.82) is 0 Å². The summed E-state index contributed by atoms with van der Waals surface area (Å²) in [5.41, 5.74) is 0.270. The van der Waals surface area contributed by atoms with Crippen molar-refractivity contribution < 1.29 is 0 Å². The fourth-order valence-corrected chi connectivity index (χ4v) is 2.05. The van der Waals surface area contributed by atoms with E-state index in [1.807, 2.05) is 0 Å². The monoisotopic (exact) mass is 233 g/mol. The van der Waals surface area contributed by atoms with Gasteiger partial charge in [0, 0.05) is 6.04 Å². The van der Waals surface area contributed by atoms with E-state index >= 15 is 0 Å². The molecule has 1 aliphatic heterocycles.